The van der Waals surface area contributed by atoms with Gasteiger partial charge in [0.1, 0.15) is 6.04 Å². The maximum absolute atomic E-state index is 13.4. The van der Waals surface area contributed by atoms with Crippen LogP contribution < -0.4 is 10.6 Å². The summed E-state index contributed by atoms with van der Waals surface area (Å²) in [4.78, 5) is 40.9. The molecule has 7 nitrogen and oxygen atoms in total. The molecular formula is C22H28ClN3O4. The topological polar surface area (TPSA) is 98.7 Å². The Balaban J connectivity index is 1.97. The van der Waals surface area contributed by atoms with Crippen LogP contribution in [0, 0.1) is 23.7 Å². The van der Waals surface area contributed by atoms with Crippen molar-refractivity contribution in [1.29, 1.82) is 0 Å². The zero-order chi connectivity index (χ0) is 21.8. The van der Waals surface area contributed by atoms with Gasteiger partial charge in [0.2, 0.25) is 17.7 Å². The lowest BCUT2D eigenvalue weighted by Gasteiger charge is -2.33. The van der Waals surface area contributed by atoms with Gasteiger partial charge in [0.05, 0.1) is 22.5 Å². The number of fused-ring (bicyclic) bond motifs is 1. The fourth-order valence-electron chi connectivity index (χ4n) is 4.66. The predicted octanol–water partition coefficient (Wildman–Crippen LogP) is 2.06. The summed E-state index contributed by atoms with van der Waals surface area (Å²) >= 11 is 6.19. The van der Waals surface area contributed by atoms with Gasteiger partial charge < -0.3 is 20.6 Å². The first-order valence-corrected chi connectivity index (χ1v) is 10.7. The Hall–Kier alpha value is -2.38. The first-order chi connectivity index (χ1) is 14.4. The summed E-state index contributed by atoms with van der Waals surface area (Å²) in [5.74, 6) is -2.40. The minimum atomic E-state index is -0.772. The number of carbonyl (C=O) groups is 3. The molecule has 1 aromatic carbocycles. The Labute approximate surface area is 181 Å². The minimum Gasteiger partial charge on any atom is -0.396 e. The van der Waals surface area contributed by atoms with Crippen LogP contribution in [0.15, 0.2) is 36.4 Å². The van der Waals surface area contributed by atoms with Crippen molar-refractivity contribution in [2.75, 3.05) is 25.5 Å². The number of nitrogens with one attached hydrogen (secondary N) is 2. The van der Waals surface area contributed by atoms with Crippen LogP contribution in [-0.4, -0.2) is 54.0 Å². The Morgan fingerprint density at radius 3 is 2.57 bits per heavy atom. The minimum absolute atomic E-state index is 0.0692. The summed E-state index contributed by atoms with van der Waals surface area (Å²) in [6, 6.07) is 6.14. The van der Waals surface area contributed by atoms with Crippen molar-refractivity contribution in [2.45, 2.75) is 25.8 Å². The van der Waals surface area contributed by atoms with E-state index in [0.29, 0.717) is 17.1 Å². The zero-order valence-electron chi connectivity index (χ0n) is 17.2. The van der Waals surface area contributed by atoms with Gasteiger partial charge in [-0.2, -0.15) is 0 Å². The molecule has 30 heavy (non-hydrogen) atoms. The molecule has 2 aliphatic rings. The van der Waals surface area contributed by atoms with Gasteiger partial charge in [-0.1, -0.05) is 42.8 Å². The highest BCUT2D eigenvalue weighted by Crippen LogP contribution is 2.45. The molecule has 162 valence electrons. The lowest BCUT2D eigenvalue weighted by atomic mass is 9.69. The largest absolute Gasteiger partial charge is 0.396 e. The monoisotopic (exact) mass is 433 g/mol. The SMILES string of the molecule is CC[C@@H]1C=C[C@H]2[C@@H](C(=O)N(CCCO)[C@@H]2C(=O)Nc2ccccc2Cl)[C@@H]1C(=O)NC. The molecule has 1 aliphatic heterocycles. The number of anilines is 1. The first kappa shape index (κ1) is 22.3. The number of carbonyl (C=O) groups excluding carboxylic acids is 3. The van der Waals surface area contributed by atoms with Crippen LogP contribution in [0.25, 0.3) is 0 Å². The number of amides is 3. The molecule has 3 N–H and O–H groups in total. The van der Waals surface area contributed by atoms with Crippen LogP contribution in [0.4, 0.5) is 5.69 Å². The Morgan fingerprint density at radius 2 is 1.93 bits per heavy atom. The van der Waals surface area contributed by atoms with Gasteiger partial charge in [0, 0.05) is 26.1 Å². The number of aliphatic hydroxyl groups is 1. The maximum atomic E-state index is 13.4. The van der Waals surface area contributed by atoms with Crippen LogP contribution in [-0.2, 0) is 14.4 Å². The van der Waals surface area contributed by atoms with Crippen LogP contribution in [0.2, 0.25) is 5.02 Å². The number of benzene rings is 1. The molecule has 3 amide bonds. The van der Waals surface area contributed by atoms with Crippen molar-refractivity contribution in [3.05, 3.63) is 41.4 Å². The number of likely N-dealkylation sites (tertiary alicyclic amines) is 1. The van der Waals surface area contributed by atoms with E-state index in [4.69, 9.17) is 11.6 Å². The van der Waals surface area contributed by atoms with Gasteiger partial charge in [0.15, 0.2) is 0 Å². The molecule has 0 bridgehead atoms. The van der Waals surface area contributed by atoms with E-state index in [9.17, 15) is 19.5 Å². The van der Waals surface area contributed by atoms with Crippen LogP contribution in [0.1, 0.15) is 19.8 Å². The summed E-state index contributed by atoms with van der Waals surface area (Å²) in [6.07, 6.45) is 4.94. The average molecular weight is 434 g/mol. The van der Waals surface area contributed by atoms with E-state index in [0.717, 1.165) is 6.42 Å². The molecule has 0 aromatic heterocycles. The second kappa shape index (κ2) is 9.62. The third-order valence-corrected chi connectivity index (χ3v) is 6.42. The highest BCUT2D eigenvalue weighted by atomic mass is 35.5. The molecule has 5 atom stereocenters. The molecule has 3 rings (SSSR count). The summed E-state index contributed by atoms with van der Waals surface area (Å²) in [5.41, 5.74) is 0.469. The lowest BCUT2D eigenvalue weighted by molar-refractivity contribution is -0.140. The first-order valence-electron chi connectivity index (χ1n) is 10.3. The van der Waals surface area contributed by atoms with E-state index in [1.807, 2.05) is 19.1 Å². The molecule has 0 spiro atoms. The molecule has 1 saturated heterocycles. The van der Waals surface area contributed by atoms with Gasteiger partial charge in [-0.15, -0.1) is 0 Å². The van der Waals surface area contributed by atoms with Gasteiger partial charge in [0.25, 0.3) is 0 Å². The second-order valence-corrected chi connectivity index (χ2v) is 8.13. The number of allylic oxidation sites excluding steroid dienone is 1. The Bertz CT molecular complexity index is 843. The molecule has 1 aliphatic carbocycles. The normalized spacial score (nSPS) is 27.7. The standard InChI is InChI=1S/C22H28ClN3O4/c1-3-13-9-10-14-18(17(13)20(28)24-2)22(30)26(11-6-12-27)19(14)21(29)25-16-8-5-4-7-15(16)23/h4-5,7-10,13-14,17-19,27H,3,6,11-12H2,1-2H3,(H,24,28)(H,25,29)/t13-,14+,17-,18-,19+/m1/s1. The molecule has 0 unspecified atom stereocenters. The van der Waals surface area contributed by atoms with E-state index < -0.39 is 23.8 Å². The number of hydrogen-bond acceptors (Lipinski definition) is 4. The van der Waals surface area contributed by atoms with Crippen molar-refractivity contribution in [2.24, 2.45) is 23.7 Å². The summed E-state index contributed by atoms with van der Waals surface area (Å²) in [5, 5.41) is 15.2. The average Bonchev–Trinajstić information content (AvgIpc) is 3.04. The second-order valence-electron chi connectivity index (χ2n) is 7.72. The Kier molecular flexibility index (Phi) is 7.15. The molecule has 0 saturated carbocycles. The third-order valence-electron chi connectivity index (χ3n) is 6.09. The fraction of sp³-hybridized carbons (Fsp3) is 0.500. The van der Waals surface area contributed by atoms with Gasteiger partial charge >= 0.3 is 0 Å². The fourth-order valence-corrected chi connectivity index (χ4v) is 4.85. The van der Waals surface area contributed by atoms with E-state index >= 15 is 0 Å². The van der Waals surface area contributed by atoms with Gasteiger partial charge in [-0.05, 0) is 30.9 Å². The number of para-hydroxylation sites is 1. The van der Waals surface area contributed by atoms with Crippen molar-refractivity contribution in [1.82, 2.24) is 10.2 Å². The quantitative estimate of drug-likeness (QED) is 0.573. The summed E-state index contributed by atoms with van der Waals surface area (Å²) in [6.45, 7) is 2.13. The maximum Gasteiger partial charge on any atom is 0.247 e. The predicted molar refractivity (Wildman–Crippen MR) is 115 cm³/mol. The molecule has 0 radical (unpaired) electrons. The van der Waals surface area contributed by atoms with Crippen molar-refractivity contribution in [3.63, 3.8) is 0 Å². The van der Waals surface area contributed by atoms with Crippen LogP contribution in [0.3, 0.4) is 0 Å². The van der Waals surface area contributed by atoms with E-state index in [1.165, 1.54) is 4.90 Å². The molecule has 1 heterocycles. The van der Waals surface area contributed by atoms with Crippen LogP contribution >= 0.6 is 11.6 Å². The third kappa shape index (κ3) is 4.09. The van der Waals surface area contributed by atoms with Crippen molar-refractivity contribution in [3.8, 4) is 0 Å². The molecule has 1 aromatic rings. The summed E-state index contributed by atoms with van der Waals surface area (Å²) < 4.78 is 0. The highest BCUT2D eigenvalue weighted by molar-refractivity contribution is 6.33. The van der Waals surface area contributed by atoms with Crippen molar-refractivity contribution >= 4 is 35.0 Å². The molecule has 1 fully saturated rings. The molecule has 8 heteroatoms. The smallest absolute Gasteiger partial charge is 0.247 e. The zero-order valence-corrected chi connectivity index (χ0v) is 17.9. The number of hydrogen-bond donors (Lipinski definition) is 3. The number of rotatable bonds is 7. The van der Waals surface area contributed by atoms with E-state index in [-0.39, 0.29) is 36.8 Å². The van der Waals surface area contributed by atoms with E-state index in [2.05, 4.69) is 10.6 Å². The number of halogens is 1. The number of nitrogens with zero attached hydrogens (tertiary/aromatic N) is 1. The Morgan fingerprint density at radius 1 is 1.20 bits per heavy atom. The number of aliphatic hydroxyl groups excluding tert-OH is 1. The molecular weight excluding hydrogens is 406 g/mol. The highest BCUT2D eigenvalue weighted by Gasteiger charge is 2.56. The van der Waals surface area contributed by atoms with E-state index in [1.54, 1.807) is 31.3 Å². The van der Waals surface area contributed by atoms with Gasteiger partial charge in [-0.3, -0.25) is 14.4 Å². The van der Waals surface area contributed by atoms with Crippen LogP contribution in [0.5, 0.6) is 0 Å². The van der Waals surface area contributed by atoms with Gasteiger partial charge in [-0.25, -0.2) is 0 Å². The van der Waals surface area contributed by atoms with Crippen molar-refractivity contribution < 1.29 is 19.5 Å². The summed E-state index contributed by atoms with van der Waals surface area (Å²) in [7, 11) is 1.56. The lowest BCUT2D eigenvalue weighted by Crippen LogP contribution is -2.45.